The number of amides is 2. The zero-order chi connectivity index (χ0) is 17.6. The topological polar surface area (TPSA) is 67.4 Å². The van der Waals surface area contributed by atoms with Crippen molar-refractivity contribution in [3.05, 3.63) is 0 Å². The second kappa shape index (κ2) is 8.52. The minimum absolute atomic E-state index is 0.105. The number of alkyl halides is 3. The lowest BCUT2D eigenvalue weighted by Gasteiger charge is -2.32. The number of ether oxygens (including phenoxy) is 1. The van der Waals surface area contributed by atoms with Crippen LogP contribution in [0.25, 0.3) is 0 Å². The van der Waals surface area contributed by atoms with Gasteiger partial charge in [-0.25, -0.2) is 0 Å². The Hall–Kier alpha value is -1.31. The molecule has 0 aromatic carbocycles. The first-order valence-corrected chi connectivity index (χ1v) is 7.80. The number of carbonyl (C=O) groups excluding carboxylic acids is 2. The van der Waals surface area contributed by atoms with Gasteiger partial charge in [0.2, 0.25) is 11.8 Å². The first-order chi connectivity index (χ1) is 10.6. The molecule has 23 heavy (non-hydrogen) atoms. The molecule has 0 aromatic rings. The summed E-state index contributed by atoms with van der Waals surface area (Å²) < 4.78 is 43.1. The van der Waals surface area contributed by atoms with Crippen molar-refractivity contribution < 1.29 is 27.5 Å². The lowest BCUT2D eigenvalue weighted by molar-refractivity contribution is -0.184. The van der Waals surface area contributed by atoms with Crippen molar-refractivity contribution in [3.8, 4) is 0 Å². The van der Waals surface area contributed by atoms with Gasteiger partial charge in [0.1, 0.15) is 12.6 Å². The van der Waals surface area contributed by atoms with Gasteiger partial charge in [-0.3, -0.25) is 9.59 Å². The molecule has 0 spiro atoms. The molecule has 0 unspecified atom stereocenters. The van der Waals surface area contributed by atoms with Crippen LogP contribution in [-0.2, 0) is 14.3 Å². The summed E-state index contributed by atoms with van der Waals surface area (Å²) in [6.07, 6.45) is -3.28. The molecule has 1 aliphatic rings. The maximum atomic E-state index is 12.8. The van der Waals surface area contributed by atoms with Crippen LogP contribution >= 0.6 is 0 Å². The lowest BCUT2D eigenvalue weighted by atomic mass is 9.85. The zero-order valence-electron chi connectivity index (χ0n) is 13.7. The van der Waals surface area contributed by atoms with E-state index in [1.54, 1.807) is 13.8 Å². The van der Waals surface area contributed by atoms with E-state index in [9.17, 15) is 22.8 Å². The van der Waals surface area contributed by atoms with E-state index in [4.69, 9.17) is 4.74 Å². The summed E-state index contributed by atoms with van der Waals surface area (Å²) in [7, 11) is 1.36. The highest BCUT2D eigenvalue weighted by Crippen LogP contribution is 2.37. The number of halogens is 3. The summed E-state index contributed by atoms with van der Waals surface area (Å²) in [6.45, 7) is 3.35. The van der Waals surface area contributed by atoms with Crippen molar-refractivity contribution in [1.82, 2.24) is 10.6 Å². The Morgan fingerprint density at radius 1 is 1.26 bits per heavy atom. The van der Waals surface area contributed by atoms with Crippen LogP contribution in [0, 0.1) is 11.8 Å². The highest BCUT2D eigenvalue weighted by Gasteiger charge is 2.42. The normalized spacial score (nSPS) is 23.4. The first kappa shape index (κ1) is 19.7. The minimum Gasteiger partial charge on any atom is -0.375 e. The van der Waals surface area contributed by atoms with Gasteiger partial charge >= 0.3 is 6.18 Å². The van der Waals surface area contributed by atoms with Crippen LogP contribution in [0.3, 0.4) is 0 Å². The van der Waals surface area contributed by atoms with E-state index < -0.39 is 36.0 Å². The molecule has 0 saturated heterocycles. The van der Waals surface area contributed by atoms with Gasteiger partial charge in [0.25, 0.3) is 0 Å². The molecule has 0 aromatic heterocycles. The van der Waals surface area contributed by atoms with Gasteiger partial charge in [-0.1, -0.05) is 20.3 Å². The third-order valence-electron chi connectivity index (χ3n) is 4.02. The van der Waals surface area contributed by atoms with E-state index in [1.165, 1.54) is 7.11 Å². The Kier molecular flexibility index (Phi) is 7.31. The van der Waals surface area contributed by atoms with Crippen LogP contribution in [0.4, 0.5) is 13.2 Å². The predicted octanol–water partition coefficient (Wildman–Crippen LogP) is 2.01. The smallest absolute Gasteiger partial charge is 0.375 e. The van der Waals surface area contributed by atoms with E-state index in [0.717, 1.165) is 0 Å². The molecule has 8 heteroatoms. The number of methoxy groups -OCH3 is 1. The number of rotatable bonds is 6. The summed E-state index contributed by atoms with van der Waals surface area (Å²) in [5.41, 5.74) is 0. The number of hydrogen-bond donors (Lipinski definition) is 2. The van der Waals surface area contributed by atoms with E-state index in [2.05, 4.69) is 10.6 Å². The Morgan fingerprint density at radius 2 is 1.91 bits per heavy atom. The molecular formula is C15H25F3N2O3. The molecule has 0 bridgehead atoms. The van der Waals surface area contributed by atoms with Crippen LogP contribution in [0.1, 0.15) is 39.5 Å². The number of hydrogen-bond acceptors (Lipinski definition) is 3. The largest absolute Gasteiger partial charge is 0.391 e. The third kappa shape index (κ3) is 6.37. The lowest BCUT2D eigenvalue weighted by Crippen LogP contribution is -2.53. The summed E-state index contributed by atoms with van der Waals surface area (Å²) >= 11 is 0. The van der Waals surface area contributed by atoms with Crippen molar-refractivity contribution in [1.29, 1.82) is 0 Å². The monoisotopic (exact) mass is 338 g/mol. The average Bonchev–Trinajstić information content (AvgIpc) is 2.44. The molecule has 1 aliphatic carbocycles. The summed E-state index contributed by atoms with van der Waals surface area (Å²) in [6, 6.07) is -1.30. The van der Waals surface area contributed by atoms with Gasteiger partial charge in [-0.05, 0) is 25.2 Å². The molecule has 0 radical (unpaired) electrons. The van der Waals surface area contributed by atoms with Crippen molar-refractivity contribution in [2.45, 2.75) is 57.8 Å². The maximum absolute atomic E-state index is 12.8. The molecule has 5 nitrogen and oxygen atoms in total. The Balaban J connectivity index is 2.62. The molecule has 1 saturated carbocycles. The molecule has 3 atom stereocenters. The number of nitrogens with one attached hydrogen (secondary N) is 2. The van der Waals surface area contributed by atoms with E-state index >= 15 is 0 Å². The standard InChI is InChI=1S/C15H25F3N2O3/c1-9(2)13(20-12(21)8-23-3)14(22)19-11-6-4-5-10(7-11)15(16,17)18/h9-11,13H,4-8H2,1-3H3,(H,19,22)(H,20,21)/t10-,11+,13-/m0/s1. The first-order valence-electron chi connectivity index (χ1n) is 7.80. The molecule has 134 valence electrons. The second-order valence-corrected chi connectivity index (χ2v) is 6.33. The Bertz CT molecular complexity index is 413. The summed E-state index contributed by atoms with van der Waals surface area (Å²) in [4.78, 5) is 23.9. The fourth-order valence-corrected chi connectivity index (χ4v) is 2.79. The van der Waals surface area contributed by atoms with Gasteiger partial charge in [0, 0.05) is 13.2 Å². The van der Waals surface area contributed by atoms with E-state index in [-0.39, 0.29) is 25.4 Å². The van der Waals surface area contributed by atoms with Gasteiger partial charge in [-0.15, -0.1) is 0 Å². The zero-order valence-corrected chi connectivity index (χ0v) is 13.7. The quantitative estimate of drug-likeness (QED) is 0.778. The van der Waals surface area contributed by atoms with Crippen LogP contribution in [-0.4, -0.2) is 43.8 Å². The SMILES string of the molecule is COCC(=O)N[C@H](C(=O)N[C@@H]1CCC[C@H](C(F)(F)F)C1)C(C)C. The average molecular weight is 338 g/mol. The number of carbonyl (C=O) groups is 2. The van der Waals surface area contributed by atoms with Crippen LogP contribution in [0.2, 0.25) is 0 Å². The molecule has 1 fully saturated rings. The Morgan fingerprint density at radius 3 is 2.43 bits per heavy atom. The maximum Gasteiger partial charge on any atom is 0.391 e. The molecule has 2 N–H and O–H groups in total. The molecule has 0 heterocycles. The van der Waals surface area contributed by atoms with E-state index in [0.29, 0.717) is 12.8 Å². The molecule has 1 rings (SSSR count). The fraction of sp³-hybridized carbons (Fsp3) is 0.867. The van der Waals surface area contributed by atoms with Crippen molar-refractivity contribution in [2.24, 2.45) is 11.8 Å². The molecule has 2 amide bonds. The summed E-state index contributed by atoms with van der Waals surface area (Å²) in [5.74, 6) is -2.43. The van der Waals surface area contributed by atoms with Crippen LogP contribution in [0.15, 0.2) is 0 Å². The van der Waals surface area contributed by atoms with Gasteiger partial charge in [-0.2, -0.15) is 13.2 Å². The van der Waals surface area contributed by atoms with Crippen LogP contribution in [0.5, 0.6) is 0 Å². The Labute approximate surface area is 134 Å². The van der Waals surface area contributed by atoms with Gasteiger partial charge < -0.3 is 15.4 Å². The van der Waals surface area contributed by atoms with Gasteiger partial charge in [0.05, 0.1) is 5.92 Å². The molecule has 0 aliphatic heterocycles. The van der Waals surface area contributed by atoms with Crippen molar-refractivity contribution in [2.75, 3.05) is 13.7 Å². The van der Waals surface area contributed by atoms with Crippen LogP contribution < -0.4 is 10.6 Å². The van der Waals surface area contributed by atoms with Crippen molar-refractivity contribution >= 4 is 11.8 Å². The third-order valence-corrected chi connectivity index (χ3v) is 4.02. The summed E-state index contributed by atoms with van der Waals surface area (Å²) in [5, 5.41) is 5.21. The highest BCUT2D eigenvalue weighted by atomic mass is 19.4. The highest BCUT2D eigenvalue weighted by molar-refractivity contribution is 5.88. The second-order valence-electron chi connectivity index (χ2n) is 6.33. The molecular weight excluding hydrogens is 313 g/mol. The van der Waals surface area contributed by atoms with Gasteiger partial charge in [0.15, 0.2) is 0 Å². The predicted molar refractivity (Wildman–Crippen MR) is 78.6 cm³/mol. The van der Waals surface area contributed by atoms with E-state index in [1.807, 2.05) is 0 Å². The fourth-order valence-electron chi connectivity index (χ4n) is 2.79. The minimum atomic E-state index is -4.23. The van der Waals surface area contributed by atoms with Crippen molar-refractivity contribution in [3.63, 3.8) is 0 Å².